The van der Waals surface area contributed by atoms with E-state index in [-0.39, 0.29) is 0 Å². The molecule has 0 amide bonds. The van der Waals surface area contributed by atoms with Crippen molar-refractivity contribution in [1.82, 2.24) is 5.32 Å². The van der Waals surface area contributed by atoms with Gasteiger partial charge in [0, 0.05) is 12.0 Å². The van der Waals surface area contributed by atoms with Gasteiger partial charge in [0.1, 0.15) is 0 Å². The van der Waals surface area contributed by atoms with Crippen LogP contribution in [0.25, 0.3) is 0 Å². The third kappa shape index (κ3) is 3.66. The molecule has 1 aliphatic rings. The molecule has 0 bridgehead atoms. The van der Waals surface area contributed by atoms with Crippen molar-refractivity contribution in [3.63, 3.8) is 0 Å². The molecule has 2 nitrogen and oxygen atoms in total. The number of carbonyl (C=O) groups excluding carboxylic acids is 1. The largest absolute Gasteiger partial charge is 0.317 e. The molecule has 1 saturated heterocycles. The van der Waals surface area contributed by atoms with Gasteiger partial charge in [-0.1, -0.05) is 6.07 Å². The van der Waals surface area contributed by atoms with Gasteiger partial charge >= 0.3 is 0 Å². The molecule has 1 aromatic carbocycles. The quantitative estimate of drug-likeness (QED) is 0.837. The number of Topliss-reactive ketones (excluding diaryl/α,β-unsaturated/α-hetero) is 1. The Balaban J connectivity index is 1.97. The molecule has 0 aromatic heterocycles. The molecule has 0 unspecified atom stereocenters. The van der Waals surface area contributed by atoms with E-state index in [0.29, 0.717) is 12.2 Å². The van der Waals surface area contributed by atoms with Crippen LogP contribution in [0.2, 0.25) is 0 Å². The summed E-state index contributed by atoms with van der Waals surface area (Å²) in [4.78, 5) is 12.4. The first-order valence-electron chi connectivity index (χ1n) is 7.39. The molecule has 1 heterocycles. The molecular weight excluding hydrogens is 234 g/mol. The van der Waals surface area contributed by atoms with Crippen LogP contribution in [-0.2, 0) is 0 Å². The Morgan fingerprint density at radius 3 is 2.42 bits per heavy atom. The number of ketones is 1. The molecule has 2 rings (SSSR count). The molecule has 0 aliphatic carbocycles. The number of benzene rings is 1. The molecular formula is C17H25NO. The molecule has 0 atom stereocenters. The summed E-state index contributed by atoms with van der Waals surface area (Å²) in [6.45, 7) is 8.46. The van der Waals surface area contributed by atoms with Gasteiger partial charge in [0.15, 0.2) is 5.78 Å². The zero-order valence-corrected chi connectivity index (χ0v) is 12.4. The summed E-state index contributed by atoms with van der Waals surface area (Å²) in [6, 6.07) is 4.20. The van der Waals surface area contributed by atoms with Crippen LogP contribution in [0, 0.1) is 26.7 Å². The summed E-state index contributed by atoms with van der Waals surface area (Å²) >= 11 is 0. The first kappa shape index (κ1) is 14.3. The molecule has 0 radical (unpaired) electrons. The lowest BCUT2D eigenvalue weighted by molar-refractivity contribution is 0.0970. The first-order chi connectivity index (χ1) is 9.08. The number of nitrogens with one attached hydrogen (secondary N) is 1. The highest BCUT2D eigenvalue weighted by atomic mass is 16.1. The van der Waals surface area contributed by atoms with Crippen LogP contribution in [0.4, 0.5) is 0 Å². The monoisotopic (exact) mass is 259 g/mol. The highest BCUT2D eigenvalue weighted by Crippen LogP contribution is 2.22. The summed E-state index contributed by atoms with van der Waals surface area (Å²) in [7, 11) is 0. The second kappa shape index (κ2) is 6.33. The summed E-state index contributed by atoms with van der Waals surface area (Å²) in [5, 5.41) is 3.37. The van der Waals surface area contributed by atoms with E-state index >= 15 is 0 Å². The minimum Gasteiger partial charge on any atom is -0.317 e. The topological polar surface area (TPSA) is 29.1 Å². The van der Waals surface area contributed by atoms with Gasteiger partial charge in [0.05, 0.1) is 0 Å². The number of aryl methyl sites for hydroxylation is 3. The van der Waals surface area contributed by atoms with E-state index in [9.17, 15) is 4.79 Å². The van der Waals surface area contributed by atoms with Crippen LogP contribution < -0.4 is 5.32 Å². The number of piperidine rings is 1. The molecule has 0 spiro atoms. The van der Waals surface area contributed by atoms with Crippen molar-refractivity contribution < 1.29 is 4.79 Å². The Bertz CT molecular complexity index is 459. The fourth-order valence-corrected chi connectivity index (χ4v) is 2.90. The van der Waals surface area contributed by atoms with Crippen LogP contribution >= 0.6 is 0 Å². The zero-order chi connectivity index (χ0) is 13.8. The molecule has 2 heteroatoms. The SMILES string of the molecule is Cc1cc(C)c(C(=O)CCC2CCNCC2)cc1C. The Hall–Kier alpha value is -1.15. The fraction of sp³-hybridized carbons (Fsp3) is 0.588. The molecule has 104 valence electrons. The zero-order valence-electron chi connectivity index (χ0n) is 12.4. The van der Waals surface area contributed by atoms with Gasteiger partial charge in [-0.25, -0.2) is 0 Å². The number of rotatable bonds is 4. The summed E-state index contributed by atoms with van der Waals surface area (Å²) in [5.74, 6) is 1.05. The maximum atomic E-state index is 12.4. The van der Waals surface area contributed by atoms with Gasteiger partial charge in [0.2, 0.25) is 0 Å². The summed E-state index contributed by atoms with van der Waals surface area (Å²) in [5.41, 5.74) is 4.54. The Morgan fingerprint density at radius 2 is 1.74 bits per heavy atom. The van der Waals surface area contributed by atoms with Crippen molar-refractivity contribution in [2.75, 3.05) is 13.1 Å². The normalized spacial score (nSPS) is 16.6. The highest BCUT2D eigenvalue weighted by Gasteiger charge is 2.16. The number of hydrogen-bond acceptors (Lipinski definition) is 2. The standard InChI is InChI=1S/C17H25NO/c1-12-10-14(3)16(11-13(12)2)17(19)5-4-15-6-8-18-9-7-15/h10-11,15,18H,4-9H2,1-3H3. The van der Waals surface area contributed by atoms with E-state index in [4.69, 9.17) is 0 Å². The van der Waals surface area contributed by atoms with E-state index in [0.717, 1.165) is 36.6 Å². The predicted octanol–water partition coefficient (Wildman–Crippen LogP) is 3.57. The van der Waals surface area contributed by atoms with E-state index in [1.54, 1.807) is 0 Å². The third-order valence-electron chi connectivity index (χ3n) is 4.38. The maximum Gasteiger partial charge on any atom is 0.163 e. The molecule has 0 saturated carbocycles. The smallest absolute Gasteiger partial charge is 0.163 e. The van der Waals surface area contributed by atoms with Gasteiger partial charge < -0.3 is 5.32 Å². The van der Waals surface area contributed by atoms with Gasteiger partial charge in [-0.2, -0.15) is 0 Å². The summed E-state index contributed by atoms with van der Waals surface area (Å²) < 4.78 is 0. The van der Waals surface area contributed by atoms with Crippen LogP contribution in [-0.4, -0.2) is 18.9 Å². The van der Waals surface area contributed by atoms with E-state index < -0.39 is 0 Å². The Labute approximate surface area is 116 Å². The lowest BCUT2D eigenvalue weighted by Crippen LogP contribution is -2.28. The van der Waals surface area contributed by atoms with E-state index in [1.165, 1.54) is 24.0 Å². The Morgan fingerprint density at radius 1 is 1.11 bits per heavy atom. The van der Waals surface area contributed by atoms with Crippen LogP contribution in [0.3, 0.4) is 0 Å². The van der Waals surface area contributed by atoms with Crippen LogP contribution in [0.1, 0.15) is 52.7 Å². The van der Waals surface area contributed by atoms with Gasteiger partial charge in [-0.05, 0) is 81.8 Å². The van der Waals surface area contributed by atoms with Gasteiger partial charge in [-0.15, -0.1) is 0 Å². The van der Waals surface area contributed by atoms with Crippen molar-refractivity contribution in [2.24, 2.45) is 5.92 Å². The third-order valence-corrected chi connectivity index (χ3v) is 4.38. The molecule has 19 heavy (non-hydrogen) atoms. The van der Waals surface area contributed by atoms with Crippen molar-refractivity contribution in [3.8, 4) is 0 Å². The van der Waals surface area contributed by atoms with Gasteiger partial charge in [-0.3, -0.25) is 4.79 Å². The van der Waals surface area contributed by atoms with Crippen LogP contribution in [0.15, 0.2) is 12.1 Å². The summed E-state index contributed by atoms with van der Waals surface area (Å²) in [6.07, 6.45) is 4.19. The second-order valence-corrected chi connectivity index (χ2v) is 5.91. The average molecular weight is 259 g/mol. The predicted molar refractivity (Wildman–Crippen MR) is 79.8 cm³/mol. The van der Waals surface area contributed by atoms with Crippen molar-refractivity contribution in [3.05, 3.63) is 34.4 Å². The minimum absolute atomic E-state index is 0.319. The van der Waals surface area contributed by atoms with Crippen molar-refractivity contribution in [2.45, 2.75) is 46.5 Å². The lowest BCUT2D eigenvalue weighted by atomic mass is 9.89. The second-order valence-electron chi connectivity index (χ2n) is 5.91. The lowest BCUT2D eigenvalue weighted by Gasteiger charge is -2.22. The Kier molecular flexibility index (Phi) is 4.76. The van der Waals surface area contributed by atoms with E-state index in [1.807, 2.05) is 6.92 Å². The number of hydrogen-bond donors (Lipinski definition) is 1. The molecule has 1 aliphatic heterocycles. The minimum atomic E-state index is 0.319. The molecule has 1 fully saturated rings. The number of carbonyl (C=O) groups is 1. The maximum absolute atomic E-state index is 12.4. The fourth-order valence-electron chi connectivity index (χ4n) is 2.90. The van der Waals surface area contributed by atoms with Crippen molar-refractivity contribution in [1.29, 1.82) is 0 Å². The van der Waals surface area contributed by atoms with Crippen LogP contribution in [0.5, 0.6) is 0 Å². The molecule has 1 aromatic rings. The average Bonchev–Trinajstić information content (AvgIpc) is 2.41. The first-order valence-corrected chi connectivity index (χ1v) is 7.39. The van der Waals surface area contributed by atoms with Crippen molar-refractivity contribution >= 4 is 5.78 Å². The van der Waals surface area contributed by atoms with E-state index in [2.05, 4.69) is 31.3 Å². The molecule has 1 N–H and O–H groups in total. The highest BCUT2D eigenvalue weighted by molar-refractivity contribution is 5.97. The van der Waals surface area contributed by atoms with Gasteiger partial charge in [0.25, 0.3) is 0 Å².